The average molecular weight is 327 g/mol. The van der Waals surface area contributed by atoms with Gasteiger partial charge in [0.2, 0.25) is 0 Å². The molecule has 1 N–H and O–H groups in total. The summed E-state index contributed by atoms with van der Waals surface area (Å²) in [5, 5.41) is 5.00. The molecule has 0 aliphatic rings. The quantitative estimate of drug-likeness (QED) is 0.712. The summed E-state index contributed by atoms with van der Waals surface area (Å²) in [6, 6.07) is 12.0. The third-order valence-corrected chi connectivity index (χ3v) is 4.91. The van der Waals surface area contributed by atoms with Crippen molar-refractivity contribution in [1.29, 1.82) is 0 Å². The summed E-state index contributed by atoms with van der Waals surface area (Å²) in [5.74, 6) is 0.633. The molecule has 0 atom stereocenters. The Morgan fingerprint density at radius 2 is 1.67 bits per heavy atom. The molecule has 0 aliphatic carbocycles. The second-order valence-corrected chi connectivity index (χ2v) is 6.26. The van der Waals surface area contributed by atoms with E-state index in [1.54, 1.807) is 0 Å². The van der Waals surface area contributed by atoms with Crippen molar-refractivity contribution in [3.05, 3.63) is 42.0 Å². The standard InChI is InChI=1S/C21H29NO2/c1-5-15-22-20(23)19-17-12-10-9-11-16(17)13-14-18(19)24-21(6-2,7-3)8-4/h9-14H,5-8,15H2,1-4H3,(H,22,23). The van der Waals surface area contributed by atoms with Crippen LogP contribution in [-0.4, -0.2) is 18.1 Å². The van der Waals surface area contributed by atoms with Crippen molar-refractivity contribution < 1.29 is 9.53 Å². The zero-order valence-corrected chi connectivity index (χ0v) is 15.3. The number of carbonyl (C=O) groups excluding carboxylic acids is 1. The van der Waals surface area contributed by atoms with E-state index in [0.29, 0.717) is 17.9 Å². The Labute approximate surface area is 145 Å². The van der Waals surface area contributed by atoms with Crippen molar-refractivity contribution in [3.8, 4) is 5.75 Å². The van der Waals surface area contributed by atoms with Gasteiger partial charge in [0, 0.05) is 6.54 Å². The molecule has 0 heterocycles. The molecule has 0 radical (unpaired) electrons. The molecule has 3 nitrogen and oxygen atoms in total. The third kappa shape index (κ3) is 3.72. The van der Waals surface area contributed by atoms with Gasteiger partial charge >= 0.3 is 0 Å². The number of hydrogen-bond acceptors (Lipinski definition) is 2. The minimum Gasteiger partial charge on any atom is -0.486 e. The van der Waals surface area contributed by atoms with E-state index < -0.39 is 0 Å². The number of fused-ring (bicyclic) bond motifs is 1. The summed E-state index contributed by atoms with van der Waals surface area (Å²) in [7, 11) is 0. The van der Waals surface area contributed by atoms with Gasteiger partial charge in [-0.1, -0.05) is 58.0 Å². The van der Waals surface area contributed by atoms with Crippen LogP contribution in [0.25, 0.3) is 10.8 Å². The van der Waals surface area contributed by atoms with Crippen molar-refractivity contribution in [2.45, 2.75) is 59.0 Å². The van der Waals surface area contributed by atoms with Crippen LogP contribution < -0.4 is 10.1 Å². The molecule has 0 bridgehead atoms. The van der Waals surface area contributed by atoms with E-state index >= 15 is 0 Å². The lowest BCUT2D eigenvalue weighted by molar-refractivity contribution is 0.0546. The molecule has 0 saturated carbocycles. The lowest BCUT2D eigenvalue weighted by atomic mass is 9.93. The number of carbonyl (C=O) groups is 1. The second-order valence-electron chi connectivity index (χ2n) is 6.26. The summed E-state index contributed by atoms with van der Waals surface area (Å²) in [5.41, 5.74) is 0.434. The fourth-order valence-corrected chi connectivity index (χ4v) is 3.10. The number of hydrogen-bond donors (Lipinski definition) is 1. The molecule has 0 unspecified atom stereocenters. The molecular weight excluding hydrogens is 298 g/mol. The largest absolute Gasteiger partial charge is 0.486 e. The van der Waals surface area contributed by atoms with Crippen molar-refractivity contribution in [1.82, 2.24) is 5.32 Å². The Bertz CT molecular complexity index is 681. The number of benzene rings is 2. The summed E-state index contributed by atoms with van der Waals surface area (Å²) in [4.78, 5) is 12.8. The zero-order valence-electron chi connectivity index (χ0n) is 15.3. The molecule has 2 aromatic carbocycles. The van der Waals surface area contributed by atoms with Crippen molar-refractivity contribution in [2.24, 2.45) is 0 Å². The Balaban J connectivity index is 2.54. The highest BCUT2D eigenvalue weighted by atomic mass is 16.5. The van der Waals surface area contributed by atoms with Crippen molar-refractivity contribution >= 4 is 16.7 Å². The number of amides is 1. The Morgan fingerprint density at radius 3 is 2.29 bits per heavy atom. The van der Waals surface area contributed by atoms with E-state index in [2.05, 4.69) is 33.0 Å². The molecule has 3 heteroatoms. The number of ether oxygens (including phenoxy) is 1. The molecule has 0 saturated heterocycles. The molecule has 2 aromatic rings. The monoisotopic (exact) mass is 327 g/mol. The van der Waals surface area contributed by atoms with Crippen LogP contribution in [0.1, 0.15) is 63.7 Å². The van der Waals surface area contributed by atoms with Crippen LogP contribution in [-0.2, 0) is 0 Å². The fourth-order valence-electron chi connectivity index (χ4n) is 3.10. The lowest BCUT2D eigenvalue weighted by Crippen LogP contribution is -2.35. The van der Waals surface area contributed by atoms with Gasteiger partial charge in [-0.05, 0) is 42.5 Å². The van der Waals surface area contributed by atoms with Gasteiger partial charge in [-0.15, -0.1) is 0 Å². The molecule has 0 aliphatic heterocycles. The summed E-state index contributed by atoms with van der Waals surface area (Å²) in [6.45, 7) is 9.15. The molecule has 130 valence electrons. The van der Waals surface area contributed by atoms with E-state index in [-0.39, 0.29) is 11.5 Å². The van der Waals surface area contributed by atoms with Crippen molar-refractivity contribution in [3.63, 3.8) is 0 Å². The summed E-state index contributed by atoms with van der Waals surface area (Å²) < 4.78 is 6.43. The first kappa shape index (κ1) is 18.3. The smallest absolute Gasteiger partial charge is 0.255 e. The highest BCUT2D eigenvalue weighted by molar-refractivity contribution is 6.09. The maximum Gasteiger partial charge on any atom is 0.255 e. The summed E-state index contributed by atoms with van der Waals surface area (Å²) in [6.07, 6.45) is 3.67. The van der Waals surface area contributed by atoms with Crippen LogP contribution in [0, 0.1) is 0 Å². The maximum absolute atomic E-state index is 12.8. The van der Waals surface area contributed by atoms with Crippen LogP contribution in [0.5, 0.6) is 5.75 Å². The van der Waals surface area contributed by atoms with Crippen LogP contribution in [0.2, 0.25) is 0 Å². The van der Waals surface area contributed by atoms with Gasteiger partial charge in [-0.25, -0.2) is 0 Å². The van der Waals surface area contributed by atoms with Crippen LogP contribution in [0.3, 0.4) is 0 Å². The van der Waals surface area contributed by atoms with Crippen LogP contribution in [0.4, 0.5) is 0 Å². The van der Waals surface area contributed by atoms with Crippen molar-refractivity contribution in [2.75, 3.05) is 6.54 Å². The van der Waals surface area contributed by atoms with Gasteiger partial charge in [0.1, 0.15) is 11.4 Å². The van der Waals surface area contributed by atoms with E-state index in [0.717, 1.165) is 36.5 Å². The first-order valence-electron chi connectivity index (χ1n) is 9.09. The molecule has 24 heavy (non-hydrogen) atoms. The van der Waals surface area contributed by atoms with E-state index in [4.69, 9.17) is 4.74 Å². The van der Waals surface area contributed by atoms with Gasteiger partial charge in [-0.3, -0.25) is 4.79 Å². The highest BCUT2D eigenvalue weighted by Gasteiger charge is 2.28. The Hall–Kier alpha value is -2.03. The van der Waals surface area contributed by atoms with E-state index in [1.165, 1.54) is 0 Å². The van der Waals surface area contributed by atoms with E-state index in [9.17, 15) is 4.79 Å². The zero-order chi connectivity index (χ0) is 17.6. The minimum absolute atomic E-state index is 0.0548. The predicted molar refractivity (Wildman–Crippen MR) is 101 cm³/mol. The van der Waals surface area contributed by atoms with Gasteiger partial charge in [0.25, 0.3) is 5.91 Å². The predicted octanol–water partition coefficient (Wildman–Crippen LogP) is 5.33. The fraction of sp³-hybridized carbons (Fsp3) is 0.476. The molecular formula is C21H29NO2. The van der Waals surface area contributed by atoms with E-state index in [1.807, 2.05) is 36.4 Å². The molecule has 2 rings (SSSR count). The average Bonchev–Trinajstić information content (AvgIpc) is 2.64. The summed E-state index contributed by atoms with van der Waals surface area (Å²) >= 11 is 0. The first-order valence-corrected chi connectivity index (χ1v) is 9.09. The molecule has 0 fully saturated rings. The van der Waals surface area contributed by atoms with Crippen LogP contribution >= 0.6 is 0 Å². The van der Waals surface area contributed by atoms with Gasteiger partial charge < -0.3 is 10.1 Å². The first-order chi connectivity index (χ1) is 11.6. The molecule has 0 aromatic heterocycles. The van der Waals surface area contributed by atoms with Gasteiger partial charge in [0.15, 0.2) is 0 Å². The minimum atomic E-state index is -0.220. The Kier molecular flexibility index (Phi) is 6.24. The maximum atomic E-state index is 12.8. The molecule has 0 spiro atoms. The van der Waals surface area contributed by atoms with Gasteiger partial charge in [0.05, 0.1) is 5.56 Å². The SMILES string of the molecule is CCCNC(=O)c1c(OC(CC)(CC)CC)ccc2ccccc12. The second kappa shape index (κ2) is 8.18. The number of rotatable bonds is 8. The highest BCUT2D eigenvalue weighted by Crippen LogP contribution is 2.34. The number of nitrogens with one attached hydrogen (secondary N) is 1. The topological polar surface area (TPSA) is 38.3 Å². The van der Waals surface area contributed by atoms with Gasteiger partial charge in [-0.2, -0.15) is 0 Å². The Morgan fingerprint density at radius 1 is 1.00 bits per heavy atom. The lowest BCUT2D eigenvalue weighted by Gasteiger charge is -2.32. The normalized spacial score (nSPS) is 11.5. The molecule has 1 amide bonds. The third-order valence-electron chi connectivity index (χ3n) is 4.91. The van der Waals surface area contributed by atoms with Crippen LogP contribution in [0.15, 0.2) is 36.4 Å².